The number of rotatable bonds is 6. The van der Waals surface area contributed by atoms with E-state index in [2.05, 4.69) is 340 Å². The maximum atomic E-state index is 14.9. The summed E-state index contributed by atoms with van der Waals surface area (Å²) in [6, 6.07) is 79.1. The lowest BCUT2D eigenvalue weighted by atomic mass is 9.91. The fraction of sp³-hybridized carbons (Fsp3) is 0.220. The Hall–Kier alpha value is -12.2. The van der Waals surface area contributed by atoms with Gasteiger partial charge in [0.15, 0.2) is 31.0 Å². The molecule has 1 aliphatic carbocycles. The quantitative estimate of drug-likeness (QED) is 0.148. The highest BCUT2D eigenvalue weighted by molar-refractivity contribution is 6.00. The van der Waals surface area contributed by atoms with Crippen LogP contribution in [-0.4, -0.2) is 0 Å². The van der Waals surface area contributed by atoms with E-state index >= 15 is 0 Å². The smallest absolute Gasteiger partial charge is 0.206 e. The van der Waals surface area contributed by atoms with Crippen LogP contribution in [0, 0.1) is 122 Å². The van der Waals surface area contributed by atoms with Crippen LogP contribution in [0.5, 0.6) is 0 Å². The van der Waals surface area contributed by atoms with Gasteiger partial charge in [-0.25, -0.2) is 31.6 Å². The van der Waals surface area contributed by atoms with Crippen molar-refractivity contribution in [1.82, 2.24) is 0 Å². The van der Waals surface area contributed by atoms with Crippen LogP contribution in [0.15, 0.2) is 249 Å². The molecule has 0 aliphatic heterocycles. The molecule has 0 N–H and O–H groups in total. The number of hydrogen-bond acceptors (Lipinski definition) is 0. The SMILES string of the molecule is Cc1ccc2cc[n+](C)c(-c3c(C)c(C)cc(C)c3F)c2c1.Cc1ccc2cc[n+](C)c(-c3cc(C)c(F)c(C)c3C)c2c1.Cc1ccc2cc[n+](C)c(-c3cc4c(cc3C)CCC4)c2c1.Cc1ccc2cc[n+](C)c(-c3cc4ccccc4cc3C)c2c1.Cc1ccc2cc[n+](C)c(-c3ccc(-c4c(C)cccc4C)cc3C)c2c1. The highest BCUT2D eigenvalue weighted by Gasteiger charge is 2.27. The van der Waals surface area contributed by atoms with Gasteiger partial charge >= 0.3 is 0 Å². The van der Waals surface area contributed by atoms with Gasteiger partial charge in [-0.3, -0.25) is 0 Å². The van der Waals surface area contributed by atoms with Gasteiger partial charge in [0.25, 0.3) is 0 Å². The third kappa shape index (κ3) is 16.1. The predicted molar refractivity (Wildman–Crippen MR) is 483 cm³/mol. The number of aryl methyl sites for hydroxylation is 20. The Labute approximate surface area is 685 Å². The van der Waals surface area contributed by atoms with Gasteiger partial charge in [-0.1, -0.05) is 161 Å². The standard InChI is InChI=1S/C26H26N.C22H20N.C21H22N.2C20H21FN/c1-17-9-10-21-13-14-27(5)26(24(21)15-17)23-12-11-22(16-20(23)4)25-18(2)7-6-8-19(25)3;1-15-8-9-17-10-11-23(3)22(21(17)12-15)20-14-19-7-5-4-6-18(19)13-16(20)2;1-14-7-8-16-9-10-22(3)21(20(16)11-14)19-13-18-6-4-5-17(18)12-15(19)2;1-12-6-7-16-8-9-22(5)20(18(16)10-12)17-11-13(2)19(21)15(4)14(17)3;1-12-6-7-16-8-9-22(5)20(17(16)10-12)18-15(4)13(2)11-14(3)19(18)21/h6-16H,1-5H3;4-14H,1-3H3;7-13H,4-6H2,1-3H3;2*6-11H,1-5H3/q5*+1. The van der Waals surface area contributed by atoms with Crippen molar-refractivity contribution < 1.29 is 31.6 Å². The Bertz CT molecular complexity index is 6700. The topological polar surface area (TPSA) is 19.4 Å². The van der Waals surface area contributed by atoms with Crippen molar-refractivity contribution in [3.05, 3.63) is 361 Å². The number of halogens is 2. The fourth-order valence-corrected chi connectivity index (χ4v) is 17.6. The highest BCUT2D eigenvalue weighted by Crippen LogP contribution is 2.40. The van der Waals surface area contributed by atoms with Crippen LogP contribution in [0.2, 0.25) is 0 Å². The van der Waals surface area contributed by atoms with E-state index in [0.29, 0.717) is 11.1 Å². The van der Waals surface area contributed by atoms with E-state index in [9.17, 15) is 8.78 Å². The molecule has 0 unspecified atom stereocenters. The molecule has 5 nitrogen and oxygen atoms in total. The highest BCUT2D eigenvalue weighted by atomic mass is 19.1. The molecule has 5 heterocycles. The summed E-state index contributed by atoms with van der Waals surface area (Å²) in [4.78, 5) is 0. The molecule has 116 heavy (non-hydrogen) atoms. The molecule has 12 aromatic carbocycles. The molecular formula is C109H110F2N5+5. The summed E-state index contributed by atoms with van der Waals surface area (Å²) in [6.45, 7) is 33.3. The number of nitrogens with zero attached hydrogens (tertiary/aromatic N) is 5. The van der Waals surface area contributed by atoms with E-state index in [4.69, 9.17) is 0 Å². The van der Waals surface area contributed by atoms with Crippen molar-refractivity contribution in [3.8, 4) is 67.4 Å². The van der Waals surface area contributed by atoms with Gasteiger partial charge in [-0.15, -0.1) is 0 Å². The Morgan fingerprint density at radius 1 is 0.233 bits per heavy atom. The summed E-state index contributed by atoms with van der Waals surface area (Å²) in [7, 11) is 10.4. The first-order valence-electron chi connectivity index (χ1n) is 40.8. The second kappa shape index (κ2) is 33.3. The lowest BCUT2D eigenvalue weighted by Crippen LogP contribution is -2.31. The average Bonchev–Trinajstić information content (AvgIpc) is 1.18. The number of benzene rings is 12. The molecule has 5 aromatic heterocycles. The lowest BCUT2D eigenvalue weighted by molar-refractivity contribution is -0.659. The van der Waals surface area contributed by atoms with Gasteiger partial charge in [0, 0.05) is 41.5 Å². The fourth-order valence-electron chi connectivity index (χ4n) is 17.6. The largest absolute Gasteiger partial charge is 0.223 e. The molecule has 0 atom stereocenters. The average molecular weight is 1530 g/mol. The predicted octanol–water partition coefficient (Wildman–Crippen LogP) is 25.2. The van der Waals surface area contributed by atoms with E-state index in [1.807, 2.05) is 78.5 Å². The normalized spacial score (nSPS) is 11.6. The first kappa shape index (κ1) is 80.4. The zero-order valence-corrected chi connectivity index (χ0v) is 71.8. The van der Waals surface area contributed by atoms with Crippen molar-refractivity contribution >= 4 is 64.6 Å². The van der Waals surface area contributed by atoms with Gasteiger partial charge < -0.3 is 0 Å². The minimum absolute atomic E-state index is 0.0969. The van der Waals surface area contributed by atoms with Crippen molar-refractivity contribution in [2.24, 2.45) is 35.2 Å². The van der Waals surface area contributed by atoms with Crippen LogP contribution in [-0.2, 0) is 48.1 Å². The third-order valence-corrected chi connectivity index (χ3v) is 24.2. The molecule has 0 fully saturated rings. The van der Waals surface area contributed by atoms with Crippen LogP contribution in [0.1, 0.15) is 107 Å². The van der Waals surface area contributed by atoms with E-state index in [0.717, 1.165) is 55.5 Å². The summed E-state index contributed by atoms with van der Waals surface area (Å²) in [5, 5.41) is 15.1. The van der Waals surface area contributed by atoms with Crippen molar-refractivity contribution in [3.63, 3.8) is 0 Å². The Kier molecular flexibility index (Phi) is 23.1. The molecule has 0 saturated carbocycles. The van der Waals surface area contributed by atoms with Gasteiger partial charge in [0.1, 0.15) is 46.9 Å². The molecule has 0 radical (unpaired) electrons. The van der Waals surface area contributed by atoms with Crippen molar-refractivity contribution in [2.75, 3.05) is 0 Å². The number of pyridine rings is 5. The van der Waals surface area contributed by atoms with Crippen LogP contribution >= 0.6 is 0 Å². The van der Waals surface area contributed by atoms with Gasteiger partial charge in [-0.05, 0) is 306 Å². The Morgan fingerprint density at radius 3 is 1.05 bits per heavy atom. The third-order valence-electron chi connectivity index (χ3n) is 24.2. The monoisotopic (exact) mass is 1530 g/mol. The zero-order valence-electron chi connectivity index (χ0n) is 71.8. The van der Waals surface area contributed by atoms with Crippen molar-refractivity contribution in [2.45, 2.75) is 130 Å². The van der Waals surface area contributed by atoms with Crippen LogP contribution in [0.25, 0.3) is 132 Å². The molecule has 17 aromatic rings. The Morgan fingerprint density at radius 2 is 0.603 bits per heavy atom. The minimum atomic E-state index is -0.118. The molecular weight excluding hydrogens is 1420 g/mol. The first-order chi connectivity index (χ1) is 55.5. The van der Waals surface area contributed by atoms with Crippen LogP contribution < -0.4 is 22.8 Å². The summed E-state index contributed by atoms with van der Waals surface area (Å²) < 4.78 is 40.0. The van der Waals surface area contributed by atoms with Crippen LogP contribution in [0.3, 0.4) is 0 Å². The van der Waals surface area contributed by atoms with Gasteiger partial charge in [0.05, 0.1) is 43.6 Å². The summed E-state index contributed by atoms with van der Waals surface area (Å²) in [5.41, 5.74) is 35.8. The van der Waals surface area contributed by atoms with E-state index in [1.165, 1.54) is 174 Å². The van der Waals surface area contributed by atoms with Gasteiger partial charge in [0.2, 0.25) is 28.5 Å². The summed E-state index contributed by atoms with van der Waals surface area (Å²) in [5.74, 6) is -0.215. The molecule has 0 spiro atoms. The number of hydrogen-bond donors (Lipinski definition) is 0. The number of fused-ring (bicyclic) bond motifs is 7. The maximum absolute atomic E-state index is 14.9. The zero-order chi connectivity index (χ0) is 82.4. The minimum Gasteiger partial charge on any atom is -0.206 e. The molecule has 18 rings (SSSR count). The Balaban J connectivity index is 0.000000120. The number of aromatic nitrogens is 5. The summed E-state index contributed by atoms with van der Waals surface area (Å²) >= 11 is 0. The molecule has 7 heteroatoms. The maximum Gasteiger partial charge on any atom is 0.223 e. The van der Waals surface area contributed by atoms with E-state index < -0.39 is 0 Å². The second-order valence-corrected chi connectivity index (χ2v) is 33.1. The van der Waals surface area contributed by atoms with Crippen molar-refractivity contribution in [1.29, 1.82) is 0 Å². The second-order valence-electron chi connectivity index (χ2n) is 33.1. The first-order valence-corrected chi connectivity index (χ1v) is 40.8. The summed E-state index contributed by atoms with van der Waals surface area (Å²) in [6.07, 6.45) is 14.4. The van der Waals surface area contributed by atoms with E-state index in [1.54, 1.807) is 11.1 Å². The molecule has 0 bridgehead atoms. The van der Waals surface area contributed by atoms with E-state index in [-0.39, 0.29) is 11.6 Å². The molecule has 0 amide bonds. The lowest BCUT2D eigenvalue weighted by Gasteiger charge is -2.13. The van der Waals surface area contributed by atoms with Crippen LogP contribution in [0.4, 0.5) is 8.78 Å². The molecule has 580 valence electrons. The molecule has 1 aliphatic rings. The molecule has 0 saturated heterocycles. The van der Waals surface area contributed by atoms with Gasteiger partial charge in [-0.2, -0.15) is 0 Å².